The Kier molecular flexibility index (Phi) is 4.75. The summed E-state index contributed by atoms with van der Waals surface area (Å²) in [7, 11) is 0. The van der Waals surface area contributed by atoms with E-state index in [0.717, 1.165) is 22.3 Å². The molecule has 3 rings (SSSR count). The third-order valence-electron chi connectivity index (χ3n) is 3.85. The van der Waals surface area contributed by atoms with E-state index in [1.807, 2.05) is 56.3 Å². The zero-order valence-corrected chi connectivity index (χ0v) is 14.2. The van der Waals surface area contributed by atoms with Gasteiger partial charge in [-0.3, -0.25) is 9.59 Å². The summed E-state index contributed by atoms with van der Waals surface area (Å²) in [6.45, 7) is 4.39. The number of aromatic nitrogens is 2. The lowest BCUT2D eigenvalue weighted by molar-refractivity contribution is 0.0949. The number of carbonyl (C=O) groups is 1. The van der Waals surface area contributed by atoms with Gasteiger partial charge in [0.15, 0.2) is 0 Å². The minimum absolute atomic E-state index is 0.0539. The van der Waals surface area contributed by atoms with Crippen LogP contribution in [0.4, 0.5) is 0 Å². The van der Waals surface area contributed by atoms with Gasteiger partial charge < -0.3 is 5.32 Å². The maximum Gasteiger partial charge on any atom is 0.277 e. The second-order valence-electron chi connectivity index (χ2n) is 6.04. The SMILES string of the molecule is Cc1cc(C)cc(CNC(=O)c2cc(-c3ccccc3)n[nH]c2=O)c1. The van der Waals surface area contributed by atoms with Crippen molar-refractivity contribution in [1.29, 1.82) is 0 Å². The minimum Gasteiger partial charge on any atom is -0.348 e. The van der Waals surface area contributed by atoms with Crippen LogP contribution in [-0.2, 0) is 6.54 Å². The molecule has 1 heterocycles. The average molecular weight is 333 g/mol. The molecule has 5 nitrogen and oxygen atoms in total. The number of nitrogens with one attached hydrogen (secondary N) is 2. The first kappa shape index (κ1) is 16.6. The number of rotatable bonds is 4. The van der Waals surface area contributed by atoms with Gasteiger partial charge >= 0.3 is 0 Å². The summed E-state index contributed by atoms with van der Waals surface area (Å²) in [5.74, 6) is -0.417. The largest absolute Gasteiger partial charge is 0.348 e. The number of aryl methyl sites for hydroxylation is 2. The Bertz CT molecular complexity index is 942. The molecule has 0 aliphatic carbocycles. The van der Waals surface area contributed by atoms with Gasteiger partial charge in [0.05, 0.1) is 5.69 Å². The maximum absolute atomic E-state index is 12.4. The van der Waals surface area contributed by atoms with Crippen LogP contribution in [0.15, 0.2) is 59.4 Å². The molecule has 25 heavy (non-hydrogen) atoms. The first-order valence-electron chi connectivity index (χ1n) is 8.03. The molecule has 0 bridgehead atoms. The lowest BCUT2D eigenvalue weighted by atomic mass is 10.1. The Morgan fingerprint density at radius 3 is 2.40 bits per heavy atom. The Hall–Kier alpha value is -3.21. The van der Waals surface area contributed by atoms with Crippen LogP contribution in [0, 0.1) is 13.8 Å². The smallest absolute Gasteiger partial charge is 0.277 e. The van der Waals surface area contributed by atoms with Crippen molar-refractivity contribution in [2.75, 3.05) is 0 Å². The summed E-state index contributed by atoms with van der Waals surface area (Å²) in [4.78, 5) is 24.4. The highest BCUT2D eigenvalue weighted by Gasteiger charge is 2.13. The Morgan fingerprint density at radius 2 is 1.72 bits per heavy atom. The highest BCUT2D eigenvalue weighted by atomic mass is 16.2. The van der Waals surface area contributed by atoms with Crippen LogP contribution >= 0.6 is 0 Å². The zero-order chi connectivity index (χ0) is 17.8. The van der Waals surface area contributed by atoms with E-state index >= 15 is 0 Å². The van der Waals surface area contributed by atoms with Gasteiger partial charge in [0, 0.05) is 12.1 Å². The lowest BCUT2D eigenvalue weighted by Crippen LogP contribution is -2.29. The van der Waals surface area contributed by atoms with E-state index in [1.165, 1.54) is 6.07 Å². The van der Waals surface area contributed by atoms with Gasteiger partial charge in [-0.1, -0.05) is 59.7 Å². The van der Waals surface area contributed by atoms with Crippen molar-refractivity contribution in [2.45, 2.75) is 20.4 Å². The monoisotopic (exact) mass is 333 g/mol. The predicted octanol–water partition coefficient (Wildman–Crippen LogP) is 2.98. The molecule has 1 amide bonds. The molecule has 0 fully saturated rings. The fourth-order valence-corrected chi connectivity index (χ4v) is 2.78. The number of H-pyrrole nitrogens is 1. The van der Waals surface area contributed by atoms with Crippen molar-refractivity contribution in [1.82, 2.24) is 15.5 Å². The first-order valence-corrected chi connectivity index (χ1v) is 8.03. The van der Waals surface area contributed by atoms with Crippen LogP contribution in [0.5, 0.6) is 0 Å². The molecule has 0 atom stereocenters. The van der Waals surface area contributed by atoms with Gasteiger partial charge in [-0.05, 0) is 25.5 Å². The normalized spacial score (nSPS) is 10.5. The molecule has 2 aromatic carbocycles. The Morgan fingerprint density at radius 1 is 1.04 bits per heavy atom. The molecule has 3 aromatic rings. The number of nitrogens with zero attached hydrogens (tertiary/aromatic N) is 1. The summed E-state index contributed by atoms with van der Waals surface area (Å²) in [6, 6.07) is 17.0. The standard InChI is InChI=1S/C20H19N3O2/c1-13-8-14(2)10-15(9-13)12-21-19(24)17-11-18(22-23-20(17)25)16-6-4-3-5-7-16/h3-11H,12H2,1-2H3,(H,21,24)(H,23,25). The fraction of sp³-hybridized carbons (Fsp3) is 0.150. The van der Waals surface area contributed by atoms with Crippen LogP contribution in [0.25, 0.3) is 11.3 Å². The fourth-order valence-electron chi connectivity index (χ4n) is 2.78. The number of amides is 1. The summed E-state index contributed by atoms with van der Waals surface area (Å²) in [5.41, 5.74) is 4.21. The van der Waals surface area contributed by atoms with E-state index < -0.39 is 11.5 Å². The molecule has 0 saturated carbocycles. The number of benzene rings is 2. The molecule has 5 heteroatoms. The van der Waals surface area contributed by atoms with Crippen LogP contribution in [0.2, 0.25) is 0 Å². The molecular weight excluding hydrogens is 314 g/mol. The number of carbonyl (C=O) groups excluding carboxylic acids is 1. The molecule has 1 aromatic heterocycles. The first-order chi connectivity index (χ1) is 12.0. The second kappa shape index (κ2) is 7.13. The molecule has 0 aliphatic heterocycles. The maximum atomic E-state index is 12.4. The summed E-state index contributed by atoms with van der Waals surface area (Å²) in [5, 5.41) is 9.22. The van der Waals surface area contributed by atoms with Crippen molar-refractivity contribution in [3.8, 4) is 11.3 Å². The molecule has 2 N–H and O–H groups in total. The van der Waals surface area contributed by atoms with E-state index in [-0.39, 0.29) is 5.56 Å². The molecule has 0 saturated heterocycles. The van der Waals surface area contributed by atoms with Gasteiger partial charge in [0.1, 0.15) is 5.56 Å². The van der Waals surface area contributed by atoms with Crippen LogP contribution < -0.4 is 10.9 Å². The quantitative estimate of drug-likeness (QED) is 0.771. The number of hydrogen-bond acceptors (Lipinski definition) is 3. The van der Waals surface area contributed by atoms with E-state index in [4.69, 9.17) is 0 Å². The highest BCUT2D eigenvalue weighted by molar-refractivity contribution is 5.94. The Labute approximate surface area is 145 Å². The topological polar surface area (TPSA) is 74.8 Å². The third kappa shape index (κ3) is 4.01. The van der Waals surface area contributed by atoms with Crippen molar-refractivity contribution in [2.24, 2.45) is 0 Å². The second-order valence-corrected chi connectivity index (χ2v) is 6.04. The van der Waals surface area contributed by atoms with Crippen molar-refractivity contribution in [3.05, 3.63) is 87.2 Å². The van der Waals surface area contributed by atoms with Crippen LogP contribution in [0.3, 0.4) is 0 Å². The van der Waals surface area contributed by atoms with Gasteiger partial charge in [-0.15, -0.1) is 0 Å². The van der Waals surface area contributed by atoms with Crippen LogP contribution in [-0.4, -0.2) is 16.1 Å². The summed E-state index contributed by atoms with van der Waals surface area (Å²) >= 11 is 0. The molecule has 0 radical (unpaired) electrons. The molecule has 0 unspecified atom stereocenters. The van der Waals surface area contributed by atoms with Crippen LogP contribution in [0.1, 0.15) is 27.0 Å². The third-order valence-corrected chi connectivity index (χ3v) is 3.85. The van der Waals surface area contributed by atoms with E-state index in [0.29, 0.717) is 12.2 Å². The van der Waals surface area contributed by atoms with Gasteiger partial charge in [0.2, 0.25) is 0 Å². The van der Waals surface area contributed by atoms with E-state index in [2.05, 4.69) is 21.6 Å². The minimum atomic E-state index is -0.502. The summed E-state index contributed by atoms with van der Waals surface area (Å²) in [6.07, 6.45) is 0. The van der Waals surface area contributed by atoms with E-state index in [9.17, 15) is 9.59 Å². The number of aromatic amines is 1. The van der Waals surface area contributed by atoms with Crippen molar-refractivity contribution < 1.29 is 4.79 Å². The summed E-state index contributed by atoms with van der Waals surface area (Å²) < 4.78 is 0. The zero-order valence-electron chi connectivity index (χ0n) is 14.2. The molecule has 0 spiro atoms. The average Bonchev–Trinajstić information content (AvgIpc) is 2.60. The highest BCUT2D eigenvalue weighted by Crippen LogP contribution is 2.15. The van der Waals surface area contributed by atoms with Crippen molar-refractivity contribution in [3.63, 3.8) is 0 Å². The molecular formula is C20H19N3O2. The van der Waals surface area contributed by atoms with Crippen molar-refractivity contribution >= 4 is 5.91 Å². The number of hydrogen-bond donors (Lipinski definition) is 2. The van der Waals surface area contributed by atoms with Gasteiger partial charge in [-0.25, -0.2) is 5.10 Å². The predicted molar refractivity (Wildman–Crippen MR) is 97.4 cm³/mol. The molecule has 126 valence electrons. The Balaban J connectivity index is 1.81. The van der Waals surface area contributed by atoms with E-state index in [1.54, 1.807) is 0 Å². The van der Waals surface area contributed by atoms with Gasteiger partial charge in [0.25, 0.3) is 11.5 Å². The molecule has 0 aliphatic rings. The van der Waals surface area contributed by atoms with Gasteiger partial charge in [-0.2, -0.15) is 5.10 Å². The lowest BCUT2D eigenvalue weighted by Gasteiger charge is -2.08.